The monoisotopic (exact) mass is 369 g/mol. The molecule has 3 aromatic rings. The average Bonchev–Trinajstić information content (AvgIpc) is 2.72. The Hall–Kier alpha value is -3.84. The van der Waals surface area contributed by atoms with Gasteiger partial charge in [0, 0.05) is 22.4 Å². The highest BCUT2D eigenvalue weighted by Crippen LogP contribution is 2.14. The zero-order valence-electron chi connectivity index (χ0n) is 15.7. The predicted molar refractivity (Wildman–Crippen MR) is 109 cm³/mol. The molecule has 0 saturated carbocycles. The van der Waals surface area contributed by atoms with Crippen LogP contribution in [0.25, 0.3) is 0 Å². The van der Waals surface area contributed by atoms with Crippen LogP contribution in [0.4, 0.5) is 5.69 Å². The van der Waals surface area contributed by atoms with Crippen LogP contribution < -0.4 is 5.32 Å². The third-order valence-electron chi connectivity index (χ3n) is 4.14. The molecule has 4 heteroatoms. The van der Waals surface area contributed by atoms with Gasteiger partial charge in [0.25, 0.3) is 5.91 Å². The number of rotatable bonds is 3. The van der Waals surface area contributed by atoms with Crippen molar-refractivity contribution in [1.82, 2.24) is 0 Å². The van der Waals surface area contributed by atoms with Crippen LogP contribution in [0.2, 0.25) is 0 Å². The van der Waals surface area contributed by atoms with Crippen molar-refractivity contribution >= 4 is 17.6 Å². The molecule has 3 aromatic carbocycles. The van der Waals surface area contributed by atoms with E-state index in [-0.39, 0.29) is 5.91 Å². The molecule has 0 aliphatic rings. The molecule has 0 saturated heterocycles. The fourth-order valence-corrected chi connectivity index (χ4v) is 2.69. The first-order valence-electron chi connectivity index (χ1n) is 8.74. The summed E-state index contributed by atoms with van der Waals surface area (Å²) in [5.41, 5.74) is 4.14. The summed E-state index contributed by atoms with van der Waals surface area (Å²) in [7, 11) is 1.34. The zero-order valence-corrected chi connectivity index (χ0v) is 15.7. The summed E-state index contributed by atoms with van der Waals surface area (Å²) in [5.74, 6) is 5.53. The van der Waals surface area contributed by atoms with Crippen molar-refractivity contribution in [3.8, 4) is 11.8 Å². The summed E-state index contributed by atoms with van der Waals surface area (Å²) >= 11 is 0. The minimum absolute atomic E-state index is 0.158. The predicted octanol–water partition coefficient (Wildman–Crippen LogP) is 4.43. The Labute approximate surface area is 164 Å². The fourth-order valence-electron chi connectivity index (χ4n) is 2.69. The van der Waals surface area contributed by atoms with Gasteiger partial charge in [-0.3, -0.25) is 4.79 Å². The van der Waals surface area contributed by atoms with E-state index in [0.717, 1.165) is 11.1 Å². The molecule has 0 radical (unpaired) electrons. The van der Waals surface area contributed by atoms with E-state index in [0.29, 0.717) is 22.4 Å². The second-order valence-electron chi connectivity index (χ2n) is 6.17. The number of amides is 1. The number of nitrogens with one attached hydrogen (secondary N) is 1. The van der Waals surface area contributed by atoms with Gasteiger partial charge in [0.05, 0.1) is 12.7 Å². The number of anilines is 1. The molecule has 1 amide bonds. The molecule has 4 nitrogen and oxygen atoms in total. The molecule has 0 aromatic heterocycles. The van der Waals surface area contributed by atoms with Gasteiger partial charge in [0.1, 0.15) is 0 Å². The van der Waals surface area contributed by atoms with Gasteiger partial charge < -0.3 is 10.1 Å². The van der Waals surface area contributed by atoms with E-state index in [1.807, 2.05) is 55.5 Å². The van der Waals surface area contributed by atoms with Crippen LogP contribution in [-0.4, -0.2) is 19.0 Å². The van der Waals surface area contributed by atoms with E-state index in [9.17, 15) is 9.59 Å². The molecule has 0 heterocycles. The molecule has 28 heavy (non-hydrogen) atoms. The minimum atomic E-state index is -0.399. The highest BCUT2D eigenvalue weighted by Gasteiger charge is 2.08. The van der Waals surface area contributed by atoms with Crippen LogP contribution >= 0.6 is 0 Å². The van der Waals surface area contributed by atoms with Crippen LogP contribution in [0.1, 0.15) is 37.4 Å². The Morgan fingerprint density at radius 2 is 1.54 bits per heavy atom. The van der Waals surface area contributed by atoms with Crippen LogP contribution in [0.5, 0.6) is 0 Å². The van der Waals surface area contributed by atoms with Crippen LogP contribution in [0, 0.1) is 18.8 Å². The number of hydrogen-bond acceptors (Lipinski definition) is 3. The zero-order chi connectivity index (χ0) is 19.9. The molecule has 3 rings (SSSR count). The maximum atomic E-state index is 12.5. The number of carbonyl (C=O) groups excluding carboxylic acids is 2. The van der Waals surface area contributed by atoms with E-state index in [2.05, 4.69) is 17.2 Å². The molecule has 0 aliphatic heterocycles. The fraction of sp³-hybridized carbons (Fsp3) is 0.0833. The summed E-state index contributed by atoms with van der Waals surface area (Å²) in [6.07, 6.45) is 0. The summed E-state index contributed by atoms with van der Waals surface area (Å²) in [4.78, 5) is 24.1. The summed E-state index contributed by atoms with van der Waals surface area (Å²) in [5, 5.41) is 2.90. The minimum Gasteiger partial charge on any atom is -0.465 e. The van der Waals surface area contributed by atoms with Crippen molar-refractivity contribution in [2.75, 3.05) is 12.4 Å². The Balaban J connectivity index is 1.78. The Kier molecular flexibility index (Phi) is 5.88. The van der Waals surface area contributed by atoms with Crippen LogP contribution in [-0.2, 0) is 4.74 Å². The van der Waals surface area contributed by atoms with Gasteiger partial charge in [-0.25, -0.2) is 4.79 Å². The van der Waals surface area contributed by atoms with Crippen LogP contribution in [0.3, 0.4) is 0 Å². The Morgan fingerprint density at radius 3 is 2.25 bits per heavy atom. The second kappa shape index (κ2) is 8.70. The smallest absolute Gasteiger partial charge is 0.337 e. The number of esters is 1. The van der Waals surface area contributed by atoms with E-state index in [1.165, 1.54) is 7.11 Å². The molecule has 0 bridgehead atoms. The molecule has 0 aliphatic carbocycles. The maximum Gasteiger partial charge on any atom is 0.337 e. The number of ether oxygens (including phenoxy) is 1. The topological polar surface area (TPSA) is 55.4 Å². The summed E-state index contributed by atoms with van der Waals surface area (Å²) in [6, 6.07) is 21.7. The summed E-state index contributed by atoms with van der Waals surface area (Å²) in [6.45, 7) is 1.90. The van der Waals surface area contributed by atoms with Gasteiger partial charge >= 0.3 is 5.97 Å². The lowest BCUT2D eigenvalue weighted by molar-refractivity contribution is 0.0600. The highest BCUT2D eigenvalue weighted by molar-refractivity contribution is 6.05. The van der Waals surface area contributed by atoms with Crippen LogP contribution in [0.15, 0.2) is 72.8 Å². The lowest BCUT2D eigenvalue weighted by atomic mass is 10.1. The lowest BCUT2D eigenvalue weighted by Crippen LogP contribution is -2.13. The number of aryl methyl sites for hydroxylation is 1. The average molecular weight is 369 g/mol. The number of methoxy groups -OCH3 is 1. The molecule has 0 fully saturated rings. The first-order valence-corrected chi connectivity index (χ1v) is 8.74. The van der Waals surface area contributed by atoms with Gasteiger partial charge in [-0.2, -0.15) is 0 Å². The van der Waals surface area contributed by atoms with Crippen molar-refractivity contribution < 1.29 is 14.3 Å². The molecule has 0 atom stereocenters. The van der Waals surface area contributed by atoms with Gasteiger partial charge in [-0.05, 0) is 55.0 Å². The van der Waals surface area contributed by atoms with E-state index < -0.39 is 5.97 Å². The molecule has 0 spiro atoms. The standard InChI is InChI=1S/C24H19NO3/c1-17-7-3-4-12-22(17)23(26)25-21-11-6-9-19(16-21)14-13-18-8-5-10-20(15-18)24(27)28-2/h3-12,15-16H,1-2H3,(H,25,26). The first kappa shape index (κ1) is 18.9. The number of hydrogen-bond donors (Lipinski definition) is 1. The van der Waals surface area contributed by atoms with Crippen molar-refractivity contribution in [2.24, 2.45) is 0 Å². The molecule has 0 unspecified atom stereocenters. The Bertz CT molecular complexity index is 1090. The highest BCUT2D eigenvalue weighted by atomic mass is 16.5. The molecule has 1 N–H and O–H groups in total. The lowest BCUT2D eigenvalue weighted by Gasteiger charge is -2.07. The molecular formula is C24H19NO3. The van der Waals surface area contributed by atoms with E-state index in [1.54, 1.807) is 24.3 Å². The van der Waals surface area contributed by atoms with Crippen molar-refractivity contribution in [3.05, 3.63) is 101 Å². The van der Waals surface area contributed by atoms with E-state index in [4.69, 9.17) is 4.74 Å². The van der Waals surface area contributed by atoms with Gasteiger partial charge in [0.15, 0.2) is 0 Å². The van der Waals surface area contributed by atoms with Gasteiger partial charge in [-0.15, -0.1) is 0 Å². The molecule has 138 valence electrons. The third kappa shape index (κ3) is 4.66. The van der Waals surface area contributed by atoms with Gasteiger partial charge in [-0.1, -0.05) is 42.2 Å². The quantitative estimate of drug-likeness (QED) is 0.549. The molecular weight excluding hydrogens is 350 g/mol. The maximum absolute atomic E-state index is 12.5. The summed E-state index contributed by atoms with van der Waals surface area (Å²) < 4.78 is 4.72. The van der Waals surface area contributed by atoms with Crippen molar-refractivity contribution in [1.29, 1.82) is 0 Å². The van der Waals surface area contributed by atoms with Crippen molar-refractivity contribution in [2.45, 2.75) is 6.92 Å². The first-order chi connectivity index (χ1) is 13.6. The van der Waals surface area contributed by atoms with E-state index >= 15 is 0 Å². The normalized spacial score (nSPS) is 9.79. The van der Waals surface area contributed by atoms with Crippen molar-refractivity contribution in [3.63, 3.8) is 0 Å². The number of benzene rings is 3. The number of carbonyl (C=O) groups is 2. The second-order valence-corrected chi connectivity index (χ2v) is 6.17. The Morgan fingerprint density at radius 1 is 0.857 bits per heavy atom. The SMILES string of the molecule is COC(=O)c1cccc(C#Cc2cccc(NC(=O)c3ccccc3C)c2)c1. The largest absolute Gasteiger partial charge is 0.465 e. The van der Waals surface area contributed by atoms with Gasteiger partial charge in [0.2, 0.25) is 0 Å². The third-order valence-corrected chi connectivity index (χ3v) is 4.14.